The highest BCUT2D eigenvalue weighted by Crippen LogP contribution is 2.36. The molecular formula is C21H27N3O2. The zero-order valence-electron chi connectivity index (χ0n) is 16.5. The van der Waals surface area contributed by atoms with Gasteiger partial charge in [0, 0.05) is 28.2 Å². The SMILES string of the molecule is CCCOc1ccc(-n2c(C)c3c(C)nnc(C)c3c2C)c(OCC)c1. The Balaban J connectivity index is 2.23. The molecule has 0 bridgehead atoms. The molecule has 1 aromatic carbocycles. The zero-order valence-corrected chi connectivity index (χ0v) is 16.5. The lowest BCUT2D eigenvalue weighted by atomic mass is 10.1. The van der Waals surface area contributed by atoms with Gasteiger partial charge in [-0.1, -0.05) is 6.92 Å². The predicted molar refractivity (Wildman–Crippen MR) is 105 cm³/mol. The molecule has 0 amide bonds. The maximum atomic E-state index is 5.95. The van der Waals surface area contributed by atoms with Crippen LogP contribution in [0, 0.1) is 27.7 Å². The molecule has 0 N–H and O–H groups in total. The molecule has 26 heavy (non-hydrogen) atoms. The second-order valence-electron chi connectivity index (χ2n) is 6.54. The lowest BCUT2D eigenvalue weighted by molar-refractivity contribution is 0.308. The predicted octanol–water partition coefficient (Wildman–Crippen LogP) is 4.84. The molecule has 0 aliphatic rings. The molecule has 0 radical (unpaired) electrons. The van der Waals surface area contributed by atoms with Crippen molar-refractivity contribution < 1.29 is 9.47 Å². The Morgan fingerprint density at radius 2 is 1.50 bits per heavy atom. The van der Waals surface area contributed by atoms with Gasteiger partial charge >= 0.3 is 0 Å². The van der Waals surface area contributed by atoms with Gasteiger partial charge in [0.05, 0.1) is 30.3 Å². The molecule has 3 rings (SSSR count). The number of aromatic nitrogens is 3. The number of aryl methyl sites for hydroxylation is 4. The first kappa shape index (κ1) is 18.2. The minimum Gasteiger partial charge on any atom is -0.493 e. The van der Waals surface area contributed by atoms with Crippen molar-refractivity contribution in [1.29, 1.82) is 0 Å². The highest BCUT2D eigenvalue weighted by atomic mass is 16.5. The summed E-state index contributed by atoms with van der Waals surface area (Å²) in [6, 6.07) is 6.06. The minimum atomic E-state index is 0.601. The first-order chi connectivity index (χ1) is 12.5. The molecule has 0 saturated carbocycles. The van der Waals surface area contributed by atoms with Crippen molar-refractivity contribution in [2.45, 2.75) is 48.0 Å². The van der Waals surface area contributed by atoms with Crippen molar-refractivity contribution >= 4 is 10.8 Å². The van der Waals surface area contributed by atoms with Crippen molar-refractivity contribution in [1.82, 2.24) is 14.8 Å². The number of nitrogens with zero attached hydrogens (tertiary/aromatic N) is 3. The summed E-state index contributed by atoms with van der Waals surface area (Å²) < 4.78 is 14.0. The summed E-state index contributed by atoms with van der Waals surface area (Å²) in [5.41, 5.74) is 5.21. The fourth-order valence-corrected chi connectivity index (χ4v) is 3.59. The molecule has 5 nitrogen and oxygen atoms in total. The molecular weight excluding hydrogens is 326 g/mol. The van der Waals surface area contributed by atoms with Crippen LogP contribution >= 0.6 is 0 Å². The van der Waals surface area contributed by atoms with Gasteiger partial charge in [0.25, 0.3) is 0 Å². The van der Waals surface area contributed by atoms with Crippen LogP contribution in [0.5, 0.6) is 11.5 Å². The Bertz CT molecular complexity index is 899. The van der Waals surface area contributed by atoms with Gasteiger partial charge in [0.15, 0.2) is 0 Å². The molecule has 0 aliphatic heterocycles. The van der Waals surface area contributed by atoms with E-state index in [1.54, 1.807) is 0 Å². The summed E-state index contributed by atoms with van der Waals surface area (Å²) >= 11 is 0. The Morgan fingerprint density at radius 1 is 0.885 bits per heavy atom. The topological polar surface area (TPSA) is 49.2 Å². The summed E-state index contributed by atoms with van der Waals surface area (Å²) in [4.78, 5) is 0. The monoisotopic (exact) mass is 353 g/mol. The van der Waals surface area contributed by atoms with Gasteiger partial charge in [-0.25, -0.2) is 0 Å². The van der Waals surface area contributed by atoms with Gasteiger partial charge in [-0.05, 0) is 53.2 Å². The van der Waals surface area contributed by atoms with E-state index in [0.717, 1.165) is 46.4 Å². The van der Waals surface area contributed by atoms with E-state index in [9.17, 15) is 0 Å². The highest BCUT2D eigenvalue weighted by molar-refractivity contribution is 5.92. The molecule has 2 aromatic heterocycles. The Morgan fingerprint density at radius 3 is 2.04 bits per heavy atom. The van der Waals surface area contributed by atoms with Gasteiger partial charge in [-0.2, -0.15) is 10.2 Å². The molecule has 2 heterocycles. The van der Waals surface area contributed by atoms with Crippen LogP contribution in [0.3, 0.4) is 0 Å². The van der Waals surface area contributed by atoms with Crippen LogP contribution in [-0.4, -0.2) is 28.0 Å². The number of benzene rings is 1. The van der Waals surface area contributed by atoms with Crippen molar-refractivity contribution in [3.8, 4) is 17.2 Å². The second-order valence-corrected chi connectivity index (χ2v) is 6.54. The molecule has 0 aliphatic carbocycles. The smallest absolute Gasteiger partial charge is 0.146 e. The van der Waals surface area contributed by atoms with Crippen molar-refractivity contribution in [3.05, 3.63) is 41.0 Å². The van der Waals surface area contributed by atoms with E-state index < -0.39 is 0 Å². The third-order valence-corrected chi connectivity index (χ3v) is 4.66. The summed E-state index contributed by atoms with van der Waals surface area (Å²) in [5.74, 6) is 1.66. The summed E-state index contributed by atoms with van der Waals surface area (Å²) in [6.07, 6.45) is 0.978. The largest absolute Gasteiger partial charge is 0.493 e. The van der Waals surface area contributed by atoms with E-state index in [4.69, 9.17) is 9.47 Å². The lowest BCUT2D eigenvalue weighted by Crippen LogP contribution is -2.04. The van der Waals surface area contributed by atoms with Crippen LogP contribution in [-0.2, 0) is 0 Å². The molecule has 0 fully saturated rings. The Labute approximate surface area is 155 Å². The molecule has 138 valence electrons. The van der Waals surface area contributed by atoms with Gasteiger partial charge in [-0.3, -0.25) is 0 Å². The standard InChI is InChI=1S/C21H27N3O2/c1-7-11-26-17-9-10-18(19(12-17)25-8-2)24-15(5)20-13(3)22-23-14(4)21(20)16(24)6/h9-10,12H,7-8,11H2,1-6H3. The van der Waals surface area contributed by atoms with E-state index >= 15 is 0 Å². The lowest BCUT2D eigenvalue weighted by Gasteiger charge is -2.16. The van der Waals surface area contributed by atoms with E-state index in [2.05, 4.69) is 41.6 Å². The van der Waals surface area contributed by atoms with Crippen LogP contribution in [0.25, 0.3) is 16.5 Å². The van der Waals surface area contributed by atoms with Crippen LogP contribution < -0.4 is 9.47 Å². The average Bonchev–Trinajstić information content (AvgIpc) is 2.89. The molecule has 0 saturated heterocycles. The van der Waals surface area contributed by atoms with E-state index in [-0.39, 0.29) is 0 Å². The maximum Gasteiger partial charge on any atom is 0.146 e. The fraction of sp³-hybridized carbons (Fsp3) is 0.429. The van der Waals surface area contributed by atoms with E-state index in [1.165, 1.54) is 10.8 Å². The number of fused-ring (bicyclic) bond motifs is 1. The number of ether oxygens (including phenoxy) is 2. The summed E-state index contributed by atoms with van der Waals surface area (Å²) in [6.45, 7) is 13.7. The van der Waals surface area contributed by atoms with Gasteiger partial charge in [0.2, 0.25) is 0 Å². The van der Waals surface area contributed by atoms with Crippen molar-refractivity contribution in [2.24, 2.45) is 0 Å². The fourth-order valence-electron chi connectivity index (χ4n) is 3.59. The normalized spacial score (nSPS) is 11.2. The minimum absolute atomic E-state index is 0.601. The summed E-state index contributed by atoms with van der Waals surface area (Å²) in [5, 5.41) is 11.0. The maximum absolute atomic E-state index is 5.95. The molecule has 3 aromatic rings. The molecule has 0 spiro atoms. The zero-order chi connectivity index (χ0) is 18.8. The number of hydrogen-bond acceptors (Lipinski definition) is 4. The highest BCUT2D eigenvalue weighted by Gasteiger charge is 2.20. The van der Waals surface area contributed by atoms with E-state index in [1.807, 2.05) is 32.9 Å². The summed E-state index contributed by atoms with van der Waals surface area (Å²) in [7, 11) is 0. The van der Waals surface area contributed by atoms with Crippen molar-refractivity contribution in [3.63, 3.8) is 0 Å². The first-order valence-corrected chi connectivity index (χ1v) is 9.21. The second kappa shape index (κ2) is 7.36. The van der Waals surface area contributed by atoms with Crippen LogP contribution in [0.4, 0.5) is 0 Å². The molecule has 5 heteroatoms. The third kappa shape index (κ3) is 3.02. The average molecular weight is 353 g/mol. The number of hydrogen-bond donors (Lipinski definition) is 0. The van der Waals surface area contributed by atoms with Gasteiger partial charge < -0.3 is 14.0 Å². The van der Waals surface area contributed by atoms with Crippen LogP contribution in [0.1, 0.15) is 43.0 Å². The van der Waals surface area contributed by atoms with E-state index in [0.29, 0.717) is 13.2 Å². The van der Waals surface area contributed by atoms with Gasteiger partial charge in [-0.15, -0.1) is 0 Å². The van der Waals surface area contributed by atoms with Gasteiger partial charge in [0.1, 0.15) is 11.5 Å². The third-order valence-electron chi connectivity index (χ3n) is 4.66. The Kier molecular flexibility index (Phi) is 5.16. The number of rotatable bonds is 6. The Hall–Kier alpha value is -2.56. The quantitative estimate of drug-likeness (QED) is 0.636. The molecule has 0 unspecified atom stereocenters. The first-order valence-electron chi connectivity index (χ1n) is 9.21. The molecule has 0 atom stereocenters. The van der Waals surface area contributed by atoms with Crippen LogP contribution in [0.15, 0.2) is 18.2 Å². The van der Waals surface area contributed by atoms with Crippen molar-refractivity contribution in [2.75, 3.05) is 13.2 Å². The van der Waals surface area contributed by atoms with Crippen LogP contribution in [0.2, 0.25) is 0 Å².